The van der Waals surface area contributed by atoms with Gasteiger partial charge in [0.25, 0.3) is 0 Å². The fourth-order valence-corrected chi connectivity index (χ4v) is 2.59. The van der Waals surface area contributed by atoms with E-state index < -0.39 is 0 Å². The minimum absolute atomic E-state index is 0.200. The van der Waals surface area contributed by atoms with Crippen molar-refractivity contribution in [1.82, 2.24) is 5.32 Å². The summed E-state index contributed by atoms with van der Waals surface area (Å²) in [5, 5.41) is 3.26. The lowest BCUT2D eigenvalue weighted by Crippen LogP contribution is -2.11. The Balaban J connectivity index is 2.03. The lowest BCUT2D eigenvalue weighted by molar-refractivity contribution is 0.358. The molecule has 0 aromatic heterocycles. The molecule has 0 bridgehead atoms. The Bertz CT molecular complexity index is 624. The summed E-state index contributed by atoms with van der Waals surface area (Å²) in [5.41, 5.74) is 3.73. The fourth-order valence-electron chi connectivity index (χ4n) is 2.59. The first-order valence-electron chi connectivity index (χ1n) is 7.04. The van der Waals surface area contributed by atoms with Crippen LogP contribution in [-0.2, 0) is 13.0 Å². The van der Waals surface area contributed by atoms with E-state index in [4.69, 9.17) is 4.74 Å². The monoisotopic (exact) mass is 271 g/mol. The van der Waals surface area contributed by atoms with Crippen LogP contribution in [0.15, 0.2) is 36.4 Å². The third-order valence-corrected chi connectivity index (χ3v) is 3.61. The van der Waals surface area contributed by atoms with Gasteiger partial charge >= 0.3 is 0 Å². The van der Waals surface area contributed by atoms with Gasteiger partial charge in [0.05, 0.1) is 6.61 Å². The SMILES string of the molecule is CCNCc1ccc(F)c(-c2cccc3c2OCC3)c1. The molecule has 20 heavy (non-hydrogen) atoms. The molecule has 1 N–H and O–H groups in total. The van der Waals surface area contributed by atoms with Gasteiger partial charge in [-0.15, -0.1) is 0 Å². The van der Waals surface area contributed by atoms with Gasteiger partial charge in [0.1, 0.15) is 11.6 Å². The van der Waals surface area contributed by atoms with Gasteiger partial charge in [0.15, 0.2) is 0 Å². The van der Waals surface area contributed by atoms with Crippen molar-refractivity contribution in [3.8, 4) is 16.9 Å². The van der Waals surface area contributed by atoms with Crippen molar-refractivity contribution in [3.05, 3.63) is 53.3 Å². The van der Waals surface area contributed by atoms with E-state index in [1.807, 2.05) is 30.3 Å². The number of ether oxygens (including phenoxy) is 1. The van der Waals surface area contributed by atoms with Gasteiger partial charge in [-0.25, -0.2) is 4.39 Å². The Morgan fingerprint density at radius 1 is 1.20 bits per heavy atom. The van der Waals surface area contributed by atoms with E-state index in [1.165, 1.54) is 11.6 Å². The van der Waals surface area contributed by atoms with Crippen LogP contribution in [-0.4, -0.2) is 13.2 Å². The van der Waals surface area contributed by atoms with Gasteiger partial charge in [0.2, 0.25) is 0 Å². The zero-order chi connectivity index (χ0) is 13.9. The molecule has 0 unspecified atom stereocenters. The van der Waals surface area contributed by atoms with Crippen LogP contribution < -0.4 is 10.1 Å². The van der Waals surface area contributed by atoms with Crippen molar-refractivity contribution in [1.29, 1.82) is 0 Å². The predicted octanol–water partition coefficient (Wildman–Crippen LogP) is 3.54. The van der Waals surface area contributed by atoms with Crippen LogP contribution in [0.1, 0.15) is 18.1 Å². The minimum Gasteiger partial charge on any atom is -0.492 e. The maximum atomic E-state index is 14.2. The second kappa shape index (κ2) is 5.63. The highest BCUT2D eigenvalue weighted by Gasteiger charge is 2.19. The van der Waals surface area contributed by atoms with Crippen LogP contribution in [0, 0.1) is 5.82 Å². The summed E-state index contributed by atoms with van der Waals surface area (Å²) >= 11 is 0. The van der Waals surface area contributed by atoms with E-state index in [1.54, 1.807) is 0 Å². The van der Waals surface area contributed by atoms with Crippen molar-refractivity contribution in [3.63, 3.8) is 0 Å². The molecule has 3 heteroatoms. The lowest BCUT2D eigenvalue weighted by Gasteiger charge is -2.11. The molecule has 0 spiro atoms. The van der Waals surface area contributed by atoms with E-state index in [0.717, 1.165) is 36.4 Å². The Morgan fingerprint density at radius 3 is 2.95 bits per heavy atom. The van der Waals surface area contributed by atoms with Gasteiger partial charge in [-0.1, -0.05) is 31.2 Å². The number of hydrogen-bond donors (Lipinski definition) is 1. The zero-order valence-corrected chi connectivity index (χ0v) is 11.6. The molecule has 2 aromatic carbocycles. The van der Waals surface area contributed by atoms with E-state index in [9.17, 15) is 4.39 Å². The summed E-state index contributed by atoms with van der Waals surface area (Å²) < 4.78 is 19.8. The molecular formula is C17H18FNO. The van der Waals surface area contributed by atoms with E-state index in [2.05, 4.69) is 12.2 Å². The molecular weight excluding hydrogens is 253 g/mol. The Morgan fingerprint density at radius 2 is 2.10 bits per heavy atom. The fraction of sp³-hybridized carbons (Fsp3) is 0.294. The second-order valence-electron chi connectivity index (χ2n) is 4.99. The molecule has 0 amide bonds. The summed E-state index contributed by atoms with van der Waals surface area (Å²) in [7, 11) is 0. The van der Waals surface area contributed by atoms with Crippen molar-refractivity contribution in [2.75, 3.05) is 13.2 Å². The molecule has 1 aliphatic rings. The first-order chi connectivity index (χ1) is 9.79. The first-order valence-corrected chi connectivity index (χ1v) is 7.04. The van der Waals surface area contributed by atoms with Crippen LogP contribution in [0.25, 0.3) is 11.1 Å². The number of benzene rings is 2. The van der Waals surface area contributed by atoms with Crippen molar-refractivity contribution in [2.45, 2.75) is 19.9 Å². The molecule has 0 fully saturated rings. The van der Waals surface area contributed by atoms with Gasteiger partial charge < -0.3 is 10.1 Å². The molecule has 0 radical (unpaired) electrons. The molecule has 1 heterocycles. The maximum Gasteiger partial charge on any atom is 0.131 e. The van der Waals surface area contributed by atoms with E-state index >= 15 is 0 Å². The quantitative estimate of drug-likeness (QED) is 0.918. The number of rotatable bonds is 4. The summed E-state index contributed by atoms with van der Waals surface area (Å²) in [6, 6.07) is 11.2. The third-order valence-electron chi connectivity index (χ3n) is 3.61. The molecule has 0 saturated heterocycles. The molecule has 2 aromatic rings. The number of nitrogens with one attached hydrogen (secondary N) is 1. The summed E-state index contributed by atoms with van der Waals surface area (Å²) in [6.07, 6.45) is 0.905. The second-order valence-corrected chi connectivity index (χ2v) is 4.99. The first kappa shape index (κ1) is 13.1. The average Bonchev–Trinajstić information content (AvgIpc) is 2.95. The predicted molar refractivity (Wildman–Crippen MR) is 78.4 cm³/mol. The van der Waals surface area contributed by atoms with Gasteiger partial charge in [0, 0.05) is 24.1 Å². The Kier molecular flexibility index (Phi) is 3.70. The van der Waals surface area contributed by atoms with Crippen molar-refractivity contribution >= 4 is 0 Å². The van der Waals surface area contributed by atoms with E-state index in [0.29, 0.717) is 12.2 Å². The summed E-state index contributed by atoms with van der Waals surface area (Å²) in [5.74, 6) is 0.640. The maximum absolute atomic E-state index is 14.2. The topological polar surface area (TPSA) is 21.3 Å². The van der Waals surface area contributed by atoms with Gasteiger partial charge in [-0.3, -0.25) is 0 Å². The highest BCUT2D eigenvalue weighted by Crippen LogP contribution is 2.38. The average molecular weight is 271 g/mol. The van der Waals surface area contributed by atoms with E-state index in [-0.39, 0.29) is 5.82 Å². The van der Waals surface area contributed by atoms with Crippen LogP contribution >= 0.6 is 0 Å². The minimum atomic E-state index is -0.200. The highest BCUT2D eigenvalue weighted by molar-refractivity contribution is 5.73. The molecule has 2 nitrogen and oxygen atoms in total. The number of hydrogen-bond acceptors (Lipinski definition) is 2. The lowest BCUT2D eigenvalue weighted by atomic mass is 9.99. The summed E-state index contributed by atoms with van der Waals surface area (Å²) in [4.78, 5) is 0. The van der Waals surface area contributed by atoms with Gasteiger partial charge in [-0.05, 0) is 29.8 Å². The van der Waals surface area contributed by atoms with Crippen LogP contribution in [0.2, 0.25) is 0 Å². The normalized spacial score (nSPS) is 13.1. The smallest absolute Gasteiger partial charge is 0.131 e. The van der Waals surface area contributed by atoms with Crippen LogP contribution in [0.3, 0.4) is 0 Å². The molecule has 3 rings (SSSR count). The van der Waals surface area contributed by atoms with Gasteiger partial charge in [-0.2, -0.15) is 0 Å². The summed E-state index contributed by atoms with van der Waals surface area (Å²) in [6.45, 7) is 4.39. The number of fused-ring (bicyclic) bond motifs is 1. The largest absolute Gasteiger partial charge is 0.492 e. The molecule has 0 aliphatic carbocycles. The number of halogens is 1. The van der Waals surface area contributed by atoms with Crippen LogP contribution in [0.4, 0.5) is 4.39 Å². The molecule has 1 aliphatic heterocycles. The van der Waals surface area contributed by atoms with Crippen LogP contribution in [0.5, 0.6) is 5.75 Å². The number of para-hydroxylation sites is 1. The highest BCUT2D eigenvalue weighted by atomic mass is 19.1. The molecule has 0 atom stereocenters. The Hall–Kier alpha value is -1.87. The van der Waals surface area contributed by atoms with Crippen molar-refractivity contribution in [2.24, 2.45) is 0 Å². The van der Waals surface area contributed by atoms with Crippen molar-refractivity contribution < 1.29 is 9.13 Å². The molecule has 0 saturated carbocycles. The standard InChI is InChI=1S/C17H18FNO/c1-2-19-11-12-6-7-16(18)15(10-12)14-5-3-4-13-8-9-20-17(13)14/h3-7,10,19H,2,8-9,11H2,1H3. The Labute approximate surface area is 118 Å². The zero-order valence-electron chi connectivity index (χ0n) is 11.6. The molecule has 104 valence electrons. The third kappa shape index (κ3) is 2.41.